The number of carbonyl (C=O) groups is 1. The van der Waals surface area contributed by atoms with Crippen molar-refractivity contribution in [2.45, 2.75) is 24.2 Å². The molecule has 1 aliphatic heterocycles. The lowest BCUT2D eigenvalue weighted by Crippen LogP contribution is -2.41. The van der Waals surface area contributed by atoms with E-state index in [1.807, 2.05) is 18.2 Å². The number of rotatable bonds is 8. The topological polar surface area (TPSA) is 75.7 Å². The van der Waals surface area contributed by atoms with Crippen molar-refractivity contribution in [3.05, 3.63) is 65.7 Å². The molecule has 1 saturated heterocycles. The number of nitrogens with zero attached hydrogens (tertiary/aromatic N) is 1. The average Bonchev–Trinajstić information content (AvgIpc) is 2.75. The molecule has 1 heterocycles. The lowest BCUT2D eigenvalue weighted by Gasteiger charge is -2.26. The highest BCUT2D eigenvalue weighted by Gasteiger charge is 2.29. The number of hydrogen-bond acceptors (Lipinski definition) is 4. The summed E-state index contributed by atoms with van der Waals surface area (Å²) < 4.78 is 32.5. The molecule has 2 aromatic carbocycles. The molecule has 1 aliphatic rings. The monoisotopic (exact) mass is 402 g/mol. The maximum absolute atomic E-state index is 12.9. The van der Waals surface area contributed by atoms with E-state index in [1.165, 1.54) is 15.9 Å². The van der Waals surface area contributed by atoms with Crippen LogP contribution in [-0.4, -0.2) is 51.5 Å². The van der Waals surface area contributed by atoms with Gasteiger partial charge in [0.15, 0.2) is 0 Å². The third-order valence-electron chi connectivity index (χ3n) is 4.74. The average molecular weight is 403 g/mol. The molecular weight excluding hydrogens is 376 g/mol. The van der Waals surface area contributed by atoms with Gasteiger partial charge in [-0.05, 0) is 37.0 Å². The Balaban J connectivity index is 1.58. The first-order valence-corrected chi connectivity index (χ1v) is 11.0. The van der Waals surface area contributed by atoms with Crippen LogP contribution >= 0.6 is 0 Å². The number of sulfonamides is 1. The first-order chi connectivity index (χ1) is 13.6. The van der Waals surface area contributed by atoms with Crippen molar-refractivity contribution >= 4 is 15.9 Å². The fourth-order valence-electron chi connectivity index (χ4n) is 3.20. The molecule has 0 aliphatic carbocycles. The zero-order valence-corrected chi connectivity index (χ0v) is 16.7. The second kappa shape index (κ2) is 9.82. The number of nitrogens with one attached hydrogen (secondary N) is 1. The number of morpholine rings is 1. The van der Waals surface area contributed by atoms with Gasteiger partial charge in [-0.1, -0.05) is 42.5 Å². The van der Waals surface area contributed by atoms with Gasteiger partial charge in [-0.3, -0.25) is 4.79 Å². The molecule has 1 N–H and O–H groups in total. The van der Waals surface area contributed by atoms with Crippen LogP contribution in [-0.2, 0) is 21.2 Å². The second-order valence-corrected chi connectivity index (χ2v) is 8.62. The minimum absolute atomic E-state index is 0.0543. The number of benzene rings is 2. The van der Waals surface area contributed by atoms with E-state index in [2.05, 4.69) is 17.4 Å². The van der Waals surface area contributed by atoms with Crippen LogP contribution in [0.15, 0.2) is 59.5 Å². The fraction of sp³-hybridized carbons (Fsp3) is 0.381. The minimum Gasteiger partial charge on any atom is -0.379 e. The lowest BCUT2D eigenvalue weighted by atomic mass is 10.1. The molecule has 0 saturated carbocycles. The number of unbranched alkanes of at least 4 members (excludes halogenated alkanes) is 1. The van der Waals surface area contributed by atoms with Crippen LogP contribution in [0.4, 0.5) is 0 Å². The summed E-state index contributed by atoms with van der Waals surface area (Å²) >= 11 is 0. The number of aryl methyl sites for hydroxylation is 1. The fourth-order valence-corrected chi connectivity index (χ4v) is 4.80. The van der Waals surface area contributed by atoms with Crippen LogP contribution in [0, 0.1) is 0 Å². The van der Waals surface area contributed by atoms with Crippen molar-refractivity contribution in [3.8, 4) is 0 Å². The SMILES string of the molecule is O=C(NCCCCc1ccccc1)c1ccccc1S(=O)(=O)N1CCOCC1. The molecule has 1 amide bonds. The summed E-state index contributed by atoms with van der Waals surface area (Å²) in [4.78, 5) is 12.7. The van der Waals surface area contributed by atoms with Crippen LogP contribution in [0.3, 0.4) is 0 Å². The van der Waals surface area contributed by atoms with Crippen molar-refractivity contribution < 1.29 is 17.9 Å². The van der Waals surface area contributed by atoms with Gasteiger partial charge in [0.25, 0.3) is 5.91 Å². The van der Waals surface area contributed by atoms with Gasteiger partial charge in [-0.25, -0.2) is 8.42 Å². The lowest BCUT2D eigenvalue weighted by molar-refractivity contribution is 0.0730. The maximum Gasteiger partial charge on any atom is 0.252 e. The normalized spacial score (nSPS) is 15.3. The third kappa shape index (κ3) is 5.19. The van der Waals surface area contributed by atoms with E-state index in [0.717, 1.165) is 19.3 Å². The molecule has 3 rings (SSSR count). The van der Waals surface area contributed by atoms with E-state index in [0.29, 0.717) is 32.8 Å². The van der Waals surface area contributed by atoms with Gasteiger partial charge in [0.05, 0.1) is 23.7 Å². The van der Waals surface area contributed by atoms with Crippen LogP contribution in [0.25, 0.3) is 0 Å². The highest BCUT2D eigenvalue weighted by Crippen LogP contribution is 2.21. The Labute approximate surface area is 166 Å². The molecule has 0 unspecified atom stereocenters. The summed E-state index contributed by atoms with van der Waals surface area (Å²) in [5, 5.41) is 2.85. The number of hydrogen-bond donors (Lipinski definition) is 1. The Kier molecular flexibility index (Phi) is 7.19. The van der Waals surface area contributed by atoms with Gasteiger partial charge >= 0.3 is 0 Å². The molecule has 150 valence electrons. The van der Waals surface area contributed by atoms with Gasteiger partial charge in [0, 0.05) is 19.6 Å². The minimum atomic E-state index is -3.72. The largest absolute Gasteiger partial charge is 0.379 e. The molecule has 2 aromatic rings. The summed E-state index contributed by atoms with van der Waals surface area (Å²) in [6, 6.07) is 16.6. The molecule has 0 bridgehead atoms. The molecule has 1 fully saturated rings. The first-order valence-electron chi connectivity index (χ1n) is 9.58. The second-order valence-electron chi connectivity index (χ2n) is 6.71. The zero-order valence-electron chi connectivity index (χ0n) is 15.8. The number of amides is 1. The first kappa shape index (κ1) is 20.5. The highest BCUT2D eigenvalue weighted by atomic mass is 32.2. The maximum atomic E-state index is 12.9. The predicted molar refractivity (Wildman–Crippen MR) is 108 cm³/mol. The summed E-state index contributed by atoms with van der Waals surface area (Å²) in [6.45, 7) is 1.86. The van der Waals surface area contributed by atoms with E-state index in [9.17, 15) is 13.2 Å². The van der Waals surface area contributed by atoms with E-state index in [1.54, 1.807) is 18.2 Å². The Morgan fingerprint density at radius 2 is 1.64 bits per heavy atom. The van der Waals surface area contributed by atoms with Gasteiger partial charge in [0.1, 0.15) is 0 Å². The molecule has 0 aromatic heterocycles. The van der Waals surface area contributed by atoms with Crippen molar-refractivity contribution in [1.29, 1.82) is 0 Å². The van der Waals surface area contributed by atoms with E-state index in [4.69, 9.17) is 4.74 Å². The van der Waals surface area contributed by atoms with Crippen molar-refractivity contribution in [2.24, 2.45) is 0 Å². The van der Waals surface area contributed by atoms with Crippen LogP contribution in [0.1, 0.15) is 28.8 Å². The Morgan fingerprint density at radius 3 is 2.39 bits per heavy atom. The van der Waals surface area contributed by atoms with Gasteiger partial charge in [-0.2, -0.15) is 4.31 Å². The Morgan fingerprint density at radius 1 is 0.964 bits per heavy atom. The van der Waals surface area contributed by atoms with Crippen molar-refractivity contribution in [3.63, 3.8) is 0 Å². The number of ether oxygens (including phenoxy) is 1. The van der Waals surface area contributed by atoms with E-state index in [-0.39, 0.29) is 16.4 Å². The zero-order chi connectivity index (χ0) is 19.8. The van der Waals surface area contributed by atoms with Gasteiger partial charge in [-0.15, -0.1) is 0 Å². The van der Waals surface area contributed by atoms with Gasteiger partial charge in [0.2, 0.25) is 10.0 Å². The van der Waals surface area contributed by atoms with Crippen molar-refractivity contribution in [2.75, 3.05) is 32.8 Å². The third-order valence-corrected chi connectivity index (χ3v) is 6.70. The summed E-state index contributed by atoms with van der Waals surface area (Å²) in [7, 11) is -3.72. The van der Waals surface area contributed by atoms with E-state index >= 15 is 0 Å². The molecule has 0 spiro atoms. The van der Waals surface area contributed by atoms with Crippen LogP contribution < -0.4 is 5.32 Å². The highest BCUT2D eigenvalue weighted by molar-refractivity contribution is 7.89. The molecular formula is C21H26N2O4S. The summed E-state index contributed by atoms with van der Waals surface area (Å²) in [5.41, 5.74) is 1.47. The quantitative estimate of drug-likeness (QED) is 0.688. The van der Waals surface area contributed by atoms with Gasteiger partial charge < -0.3 is 10.1 Å². The standard InChI is InChI=1S/C21H26N2O4S/c24-21(22-13-7-6-10-18-8-2-1-3-9-18)19-11-4-5-12-20(19)28(25,26)23-14-16-27-17-15-23/h1-5,8-9,11-12H,6-7,10,13-17H2,(H,22,24). The molecule has 0 radical (unpaired) electrons. The summed E-state index contributed by atoms with van der Waals surface area (Å²) in [5.74, 6) is -0.354. The van der Waals surface area contributed by atoms with Crippen molar-refractivity contribution in [1.82, 2.24) is 9.62 Å². The Bertz CT molecular complexity index is 878. The smallest absolute Gasteiger partial charge is 0.252 e. The van der Waals surface area contributed by atoms with Crippen LogP contribution in [0.2, 0.25) is 0 Å². The Hall–Kier alpha value is -2.22. The number of carbonyl (C=O) groups excluding carboxylic acids is 1. The predicted octanol–water partition coefficient (Wildman–Crippen LogP) is 2.46. The van der Waals surface area contributed by atoms with E-state index < -0.39 is 10.0 Å². The molecule has 6 nitrogen and oxygen atoms in total. The summed E-state index contributed by atoms with van der Waals surface area (Å²) in [6.07, 6.45) is 2.75. The molecule has 0 atom stereocenters. The molecule has 28 heavy (non-hydrogen) atoms. The molecule has 7 heteroatoms. The van der Waals surface area contributed by atoms with Crippen LogP contribution in [0.5, 0.6) is 0 Å².